The molecular weight excluding hydrogens is 328 g/mol. The van der Waals surface area contributed by atoms with Gasteiger partial charge in [-0.15, -0.1) is 0 Å². The van der Waals surface area contributed by atoms with E-state index in [0.29, 0.717) is 0 Å². The first-order valence-corrected chi connectivity index (χ1v) is 7.92. The van der Waals surface area contributed by atoms with E-state index >= 15 is 0 Å². The Balaban J connectivity index is 2.09. The molecular formula is C17H17BrN2O. The fourth-order valence-electron chi connectivity index (χ4n) is 2.62. The minimum absolute atomic E-state index is 0.0372. The second kappa shape index (κ2) is 7.86. The van der Waals surface area contributed by atoms with Crippen LogP contribution < -0.4 is 5.32 Å². The van der Waals surface area contributed by atoms with Crippen LogP contribution in [0.15, 0.2) is 28.7 Å². The van der Waals surface area contributed by atoms with Gasteiger partial charge >= 0.3 is 0 Å². The number of carbonyl (C=O) groups is 1. The van der Waals surface area contributed by atoms with Gasteiger partial charge in [-0.25, -0.2) is 0 Å². The number of carbonyl (C=O) groups excluding carboxylic acids is 1. The second-order valence-corrected chi connectivity index (χ2v) is 6.07. The fraction of sp³-hybridized carbons (Fsp3) is 0.412. The van der Waals surface area contributed by atoms with Crippen molar-refractivity contribution in [2.24, 2.45) is 11.8 Å². The Labute approximate surface area is 133 Å². The molecule has 1 amide bonds. The molecule has 2 rings (SSSR count). The topological polar surface area (TPSA) is 52.9 Å². The van der Waals surface area contributed by atoms with Gasteiger partial charge in [0.2, 0.25) is 5.91 Å². The normalized spacial score (nSPS) is 20.8. The lowest BCUT2D eigenvalue weighted by molar-refractivity contribution is -0.126. The van der Waals surface area contributed by atoms with Crippen molar-refractivity contribution in [2.75, 3.05) is 6.54 Å². The first-order chi connectivity index (χ1) is 10.2. The number of hydrogen-bond donors (Lipinski definition) is 1. The molecule has 1 aromatic carbocycles. The Morgan fingerprint density at radius 2 is 2.19 bits per heavy atom. The summed E-state index contributed by atoms with van der Waals surface area (Å²) in [6.07, 6.45) is 3.97. The van der Waals surface area contributed by atoms with E-state index in [-0.39, 0.29) is 24.3 Å². The van der Waals surface area contributed by atoms with Crippen molar-refractivity contribution >= 4 is 21.8 Å². The van der Waals surface area contributed by atoms with Gasteiger partial charge in [0.25, 0.3) is 0 Å². The molecule has 1 aromatic rings. The minimum Gasteiger partial charge on any atom is -0.343 e. The van der Waals surface area contributed by atoms with E-state index in [9.17, 15) is 4.79 Å². The van der Waals surface area contributed by atoms with E-state index in [1.807, 2.05) is 30.3 Å². The van der Waals surface area contributed by atoms with Crippen molar-refractivity contribution in [3.8, 4) is 17.9 Å². The van der Waals surface area contributed by atoms with Crippen molar-refractivity contribution < 1.29 is 4.79 Å². The zero-order valence-electron chi connectivity index (χ0n) is 11.7. The summed E-state index contributed by atoms with van der Waals surface area (Å²) >= 11 is 3.43. The highest BCUT2D eigenvalue weighted by Gasteiger charge is 2.29. The van der Waals surface area contributed by atoms with Crippen molar-refractivity contribution in [3.63, 3.8) is 0 Å². The molecule has 21 heavy (non-hydrogen) atoms. The number of nitrogens with zero attached hydrogens (tertiary/aromatic N) is 1. The molecule has 0 bridgehead atoms. The number of rotatable bonds is 2. The highest BCUT2D eigenvalue weighted by molar-refractivity contribution is 9.10. The Kier molecular flexibility index (Phi) is 5.84. The Morgan fingerprint density at radius 1 is 1.38 bits per heavy atom. The Bertz CT molecular complexity index is 609. The number of halogens is 1. The Hall–Kier alpha value is -1.78. The standard InChI is InChI=1S/C17H17BrN2O/c18-15-6-3-4-13(12-15)8-9-14-5-1-2-7-16(14)17(21)20-11-10-19/h3-4,6,12,14,16H,1-2,5,7,11H2,(H,20,21). The first kappa shape index (κ1) is 15.6. The van der Waals surface area contributed by atoms with Gasteiger partial charge in [-0.05, 0) is 31.0 Å². The van der Waals surface area contributed by atoms with E-state index in [1.165, 1.54) is 0 Å². The lowest BCUT2D eigenvalue weighted by Crippen LogP contribution is -2.36. The van der Waals surface area contributed by atoms with Crippen LogP contribution in [0.1, 0.15) is 31.2 Å². The van der Waals surface area contributed by atoms with E-state index in [1.54, 1.807) is 0 Å². The highest BCUT2D eigenvalue weighted by atomic mass is 79.9. The molecule has 0 aliphatic heterocycles. The average molecular weight is 345 g/mol. The second-order valence-electron chi connectivity index (χ2n) is 5.15. The molecule has 108 valence electrons. The lowest BCUT2D eigenvalue weighted by atomic mass is 9.79. The van der Waals surface area contributed by atoms with Gasteiger partial charge in [0.05, 0.1) is 12.0 Å². The molecule has 1 saturated carbocycles. The summed E-state index contributed by atoms with van der Waals surface area (Å²) in [5.41, 5.74) is 0.950. The predicted octanol–water partition coefficient (Wildman–Crippen LogP) is 3.25. The molecule has 1 N–H and O–H groups in total. The number of amides is 1. The number of benzene rings is 1. The van der Waals surface area contributed by atoms with Gasteiger partial charge in [-0.3, -0.25) is 4.79 Å². The van der Waals surface area contributed by atoms with Crippen LogP contribution in [0.5, 0.6) is 0 Å². The number of nitriles is 1. The van der Waals surface area contributed by atoms with Gasteiger partial charge in [0.1, 0.15) is 6.54 Å². The van der Waals surface area contributed by atoms with Crippen LogP contribution in [0.2, 0.25) is 0 Å². The third-order valence-corrected chi connectivity index (χ3v) is 4.16. The fourth-order valence-corrected chi connectivity index (χ4v) is 3.02. The molecule has 0 aromatic heterocycles. The van der Waals surface area contributed by atoms with Crippen molar-refractivity contribution in [1.82, 2.24) is 5.32 Å². The molecule has 2 unspecified atom stereocenters. The maximum absolute atomic E-state index is 12.1. The molecule has 1 aliphatic rings. The average Bonchev–Trinajstić information content (AvgIpc) is 2.51. The molecule has 4 heteroatoms. The summed E-state index contributed by atoms with van der Waals surface area (Å²) in [4.78, 5) is 12.1. The van der Waals surface area contributed by atoms with Crippen molar-refractivity contribution in [2.45, 2.75) is 25.7 Å². The summed E-state index contributed by atoms with van der Waals surface area (Å²) in [6.45, 7) is 0.0705. The predicted molar refractivity (Wildman–Crippen MR) is 85.1 cm³/mol. The van der Waals surface area contributed by atoms with E-state index < -0.39 is 0 Å². The molecule has 0 spiro atoms. The monoisotopic (exact) mass is 344 g/mol. The molecule has 0 heterocycles. The van der Waals surface area contributed by atoms with Crippen LogP contribution >= 0.6 is 15.9 Å². The van der Waals surface area contributed by atoms with Gasteiger partial charge in [0, 0.05) is 16.0 Å². The molecule has 1 fully saturated rings. The smallest absolute Gasteiger partial charge is 0.225 e. The molecule has 2 atom stereocenters. The third-order valence-electron chi connectivity index (χ3n) is 3.67. The SMILES string of the molecule is N#CCNC(=O)C1CCCCC1C#Cc1cccc(Br)c1. The van der Waals surface area contributed by atoms with Gasteiger partial charge < -0.3 is 5.32 Å². The summed E-state index contributed by atoms with van der Waals surface area (Å²) in [5, 5.41) is 11.2. The highest BCUT2D eigenvalue weighted by Crippen LogP contribution is 2.29. The van der Waals surface area contributed by atoms with Crippen LogP contribution in [0, 0.1) is 35.0 Å². The summed E-state index contributed by atoms with van der Waals surface area (Å²) in [6, 6.07) is 9.79. The summed E-state index contributed by atoms with van der Waals surface area (Å²) in [5.74, 6) is 6.38. The summed E-state index contributed by atoms with van der Waals surface area (Å²) < 4.78 is 1.00. The zero-order chi connectivity index (χ0) is 15.1. The van der Waals surface area contributed by atoms with Crippen LogP contribution in [0.4, 0.5) is 0 Å². The van der Waals surface area contributed by atoms with E-state index in [2.05, 4.69) is 33.1 Å². The lowest BCUT2D eigenvalue weighted by Gasteiger charge is -2.26. The molecule has 0 saturated heterocycles. The molecule has 0 radical (unpaired) electrons. The van der Waals surface area contributed by atoms with Crippen LogP contribution in [0.3, 0.4) is 0 Å². The molecule has 1 aliphatic carbocycles. The van der Waals surface area contributed by atoms with E-state index in [0.717, 1.165) is 35.7 Å². The van der Waals surface area contributed by atoms with Gasteiger partial charge in [-0.1, -0.05) is 46.7 Å². The maximum atomic E-state index is 12.1. The molecule has 3 nitrogen and oxygen atoms in total. The summed E-state index contributed by atoms with van der Waals surface area (Å²) in [7, 11) is 0. The van der Waals surface area contributed by atoms with Crippen molar-refractivity contribution in [3.05, 3.63) is 34.3 Å². The van der Waals surface area contributed by atoms with Gasteiger partial charge in [0.15, 0.2) is 0 Å². The largest absolute Gasteiger partial charge is 0.343 e. The van der Waals surface area contributed by atoms with Crippen LogP contribution in [-0.2, 0) is 4.79 Å². The number of hydrogen-bond acceptors (Lipinski definition) is 2. The minimum atomic E-state index is -0.0910. The number of nitrogens with one attached hydrogen (secondary N) is 1. The van der Waals surface area contributed by atoms with Crippen molar-refractivity contribution in [1.29, 1.82) is 5.26 Å². The zero-order valence-corrected chi connectivity index (χ0v) is 13.3. The first-order valence-electron chi connectivity index (χ1n) is 7.12. The Morgan fingerprint density at radius 3 is 2.95 bits per heavy atom. The van der Waals surface area contributed by atoms with Gasteiger partial charge in [-0.2, -0.15) is 5.26 Å². The van der Waals surface area contributed by atoms with Crippen LogP contribution in [0.25, 0.3) is 0 Å². The van der Waals surface area contributed by atoms with E-state index in [4.69, 9.17) is 5.26 Å². The quantitative estimate of drug-likeness (QED) is 0.661. The van der Waals surface area contributed by atoms with Crippen LogP contribution in [-0.4, -0.2) is 12.5 Å². The third kappa shape index (κ3) is 4.62. The maximum Gasteiger partial charge on any atom is 0.225 e.